The van der Waals surface area contributed by atoms with Gasteiger partial charge in [0.2, 0.25) is 0 Å². The molecule has 0 unspecified atom stereocenters. The molecule has 0 amide bonds. The molecule has 0 radical (unpaired) electrons. The summed E-state index contributed by atoms with van der Waals surface area (Å²) in [7, 11) is 0. The van der Waals surface area contributed by atoms with Crippen LogP contribution in [0, 0.1) is 0 Å². The molecule has 70 valence electrons. The molecule has 0 bridgehead atoms. The lowest BCUT2D eigenvalue weighted by molar-refractivity contribution is 0.145. The second kappa shape index (κ2) is 5.30. The second-order valence-corrected chi connectivity index (χ2v) is 2.72. The van der Waals surface area contributed by atoms with E-state index in [0.29, 0.717) is 6.61 Å². The van der Waals surface area contributed by atoms with Gasteiger partial charge in [0.05, 0.1) is 5.69 Å². The van der Waals surface area contributed by atoms with Crippen molar-refractivity contribution in [2.45, 2.75) is 20.3 Å². The number of oxime groups is 1. The van der Waals surface area contributed by atoms with E-state index in [1.807, 2.05) is 32.0 Å². The van der Waals surface area contributed by atoms with Crippen molar-refractivity contribution in [2.75, 3.05) is 6.61 Å². The van der Waals surface area contributed by atoms with Crippen LogP contribution in [0.3, 0.4) is 0 Å². The van der Waals surface area contributed by atoms with Crippen LogP contribution in [0.25, 0.3) is 0 Å². The highest BCUT2D eigenvalue weighted by Gasteiger charge is 1.96. The van der Waals surface area contributed by atoms with Crippen LogP contribution in [-0.2, 0) is 4.84 Å². The minimum Gasteiger partial charge on any atom is -0.396 e. The van der Waals surface area contributed by atoms with Gasteiger partial charge in [0, 0.05) is 6.20 Å². The fraction of sp³-hybridized carbons (Fsp3) is 0.400. The number of aromatic nitrogens is 1. The Morgan fingerprint density at radius 2 is 2.38 bits per heavy atom. The van der Waals surface area contributed by atoms with Crippen molar-refractivity contribution in [1.29, 1.82) is 0 Å². The summed E-state index contributed by atoms with van der Waals surface area (Å²) >= 11 is 0. The second-order valence-electron chi connectivity index (χ2n) is 2.72. The van der Waals surface area contributed by atoms with Crippen molar-refractivity contribution in [3.63, 3.8) is 0 Å². The van der Waals surface area contributed by atoms with Gasteiger partial charge in [-0.2, -0.15) is 0 Å². The molecule has 0 fully saturated rings. The summed E-state index contributed by atoms with van der Waals surface area (Å²) in [6.45, 7) is 4.59. The SMILES string of the molecule is CCCO/N=C(/C)c1ccccn1. The highest BCUT2D eigenvalue weighted by atomic mass is 16.6. The molecule has 0 spiro atoms. The maximum Gasteiger partial charge on any atom is 0.116 e. The molecular formula is C10H14N2O. The lowest BCUT2D eigenvalue weighted by Gasteiger charge is -1.99. The molecule has 0 aliphatic heterocycles. The van der Waals surface area contributed by atoms with E-state index in [4.69, 9.17) is 4.84 Å². The number of nitrogens with zero attached hydrogens (tertiary/aromatic N) is 2. The molecular weight excluding hydrogens is 164 g/mol. The first-order valence-corrected chi connectivity index (χ1v) is 4.42. The Morgan fingerprint density at radius 1 is 1.54 bits per heavy atom. The largest absolute Gasteiger partial charge is 0.396 e. The number of pyridine rings is 1. The van der Waals surface area contributed by atoms with Gasteiger partial charge in [0.1, 0.15) is 12.3 Å². The van der Waals surface area contributed by atoms with E-state index in [0.717, 1.165) is 17.8 Å². The maximum absolute atomic E-state index is 5.05. The quantitative estimate of drug-likeness (QED) is 0.402. The highest BCUT2D eigenvalue weighted by Crippen LogP contribution is 1.96. The maximum atomic E-state index is 5.05. The van der Waals surface area contributed by atoms with Crippen LogP contribution in [0.15, 0.2) is 29.6 Å². The molecule has 13 heavy (non-hydrogen) atoms. The summed E-state index contributed by atoms with van der Waals surface area (Å²) in [4.78, 5) is 9.19. The Morgan fingerprint density at radius 3 is 3.00 bits per heavy atom. The van der Waals surface area contributed by atoms with Crippen LogP contribution >= 0.6 is 0 Å². The van der Waals surface area contributed by atoms with Gasteiger partial charge in [-0.15, -0.1) is 0 Å². The van der Waals surface area contributed by atoms with Crippen molar-refractivity contribution in [1.82, 2.24) is 4.98 Å². The lowest BCUT2D eigenvalue weighted by Crippen LogP contribution is -1.99. The van der Waals surface area contributed by atoms with Gasteiger partial charge in [-0.1, -0.05) is 18.1 Å². The summed E-state index contributed by atoms with van der Waals surface area (Å²) in [5, 5.41) is 3.94. The molecule has 0 aliphatic carbocycles. The highest BCUT2D eigenvalue weighted by molar-refractivity contribution is 5.96. The van der Waals surface area contributed by atoms with Crippen LogP contribution in [0.5, 0.6) is 0 Å². The van der Waals surface area contributed by atoms with Crippen LogP contribution in [0.4, 0.5) is 0 Å². The van der Waals surface area contributed by atoms with Crippen LogP contribution in [0.2, 0.25) is 0 Å². The van der Waals surface area contributed by atoms with Crippen LogP contribution in [-0.4, -0.2) is 17.3 Å². The number of hydrogen-bond donors (Lipinski definition) is 0. The molecule has 0 aromatic carbocycles. The van der Waals surface area contributed by atoms with Gasteiger partial charge in [-0.05, 0) is 25.5 Å². The summed E-state index contributed by atoms with van der Waals surface area (Å²) < 4.78 is 0. The third-order valence-corrected chi connectivity index (χ3v) is 1.53. The summed E-state index contributed by atoms with van der Waals surface area (Å²) in [6.07, 6.45) is 2.72. The average molecular weight is 178 g/mol. The third-order valence-electron chi connectivity index (χ3n) is 1.53. The van der Waals surface area contributed by atoms with E-state index in [1.54, 1.807) is 6.20 Å². The van der Waals surface area contributed by atoms with Gasteiger partial charge in [0.25, 0.3) is 0 Å². The minimum absolute atomic E-state index is 0.657. The van der Waals surface area contributed by atoms with Gasteiger partial charge < -0.3 is 4.84 Å². The van der Waals surface area contributed by atoms with Crippen molar-refractivity contribution in [3.05, 3.63) is 30.1 Å². The molecule has 1 rings (SSSR count). The van der Waals surface area contributed by atoms with E-state index < -0.39 is 0 Å². The Hall–Kier alpha value is -1.38. The fourth-order valence-corrected chi connectivity index (χ4v) is 0.857. The zero-order valence-corrected chi connectivity index (χ0v) is 8.03. The zero-order chi connectivity index (χ0) is 9.52. The smallest absolute Gasteiger partial charge is 0.116 e. The lowest BCUT2D eigenvalue weighted by atomic mass is 10.3. The molecule has 0 saturated heterocycles. The molecule has 0 saturated carbocycles. The van der Waals surface area contributed by atoms with E-state index in [2.05, 4.69) is 10.1 Å². The van der Waals surface area contributed by atoms with Crippen molar-refractivity contribution in [3.8, 4) is 0 Å². The molecule has 1 heterocycles. The number of rotatable bonds is 4. The standard InChI is InChI=1S/C10H14N2O/c1-3-8-13-12-9(2)10-6-4-5-7-11-10/h4-7H,3,8H2,1-2H3/b12-9-. The summed E-state index contributed by atoms with van der Waals surface area (Å²) in [5.41, 5.74) is 1.67. The Bertz CT molecular complexity index is 270. The summed E-state index contributed by atoms with van der Waals surface area (Å²) in [5.74, 6) is 0. The number of hydrogen-bond acceptors (Lipinski definition) is 3. The molecule has 1 aromatic heterocycles. The van der Waals surface area contributed by atoms with E-state index in [-0.39, 0.29) is 0 Å². The fourth-order valence-electron chi connectivity index (χ4n) is 0.857. The zero-order valence-electron chi connectivity index (χ0n) is 8.03. The van der Waals surface area contributed by atoms with Crippen molar-refractivity contribution < 1.29 is 4.84 Å². The Balaban J connectivity index is 2.57. The first kappa shape index (κ1) is 9.71. The molecule has 3 nitrogen and oxygen atoms in total. The van der Waals surface area contributed by atoms with Gasteiger partial charge in [0.15, 0.2) is 0 Å². The van der Waals surface area contributed by atoms with Gasteiger partial charge in [-0.25, -0.2) is 0 Å². The van der Waals surface area contributed by atoms with Gasteiger partial charge in [-0.3, -0.25) is 4.98 Å². The van der Waals surface area contributed by atoms with Crippen LogP contribution < -0.4 is 0 Å². The first-order valence-electron chi connectivity index (χ1n) is 4.42. The van der Waals surface area contributed by atoms with Crippen molar-refractivity contribution >= 4 is 5.71 Å². The Kier molecular flexibility index (Phi) is 3.96. The average Bonchev–Trinajstić information content (AvgIpc) is 2.19. The predicted octanol–water partition coefficient (Wildman–Crippen LogP) is 2.23. The topological polar surface area (TPSA) is 34.5 Å². The van der Waals surface area contributed by atoms with Crippen LogP contribution in [0.1, 0.15) is 26.0 Å². The first-order chi connectivity index (χ1) is 6.34. The van der Waals surface area contributed by atoms with Crippen molar-refractivity contribution in [2.24, 2.45) is 5.16 Å². The molecule has 0 atom stereocenters. The Labute approximate surface area is 78.4 Å². The predicted molar refractivity (Wildman–Crippen MR) is 52.7 cm³/mol. The van der Waals surface area contributed by atoms with E-state index in [1.165, 1.54) is 0 Å². The molecule has 3 heteroatoms. The third kappa shape index (κ3) is 3.23. The molecule has 0 aliphatic rings. The molecule has 1 aromatic rings. The van der Waals surface area contributed by atoms with E-state index in [9.17, 15) is 0 Å². The van der Waals surface area contributed by atoms with Gasteiger partial charge >= 0.3 is 0 Å². The van der Waals surface area contributed by atoms with E-state index >= 15 is 0 Å². The minimum atomic E-state index is 0.657. The monoisotopic (exact) mass is 178 g/mol. The summed E-state index contributed by atoms with van der Waals surface area (Å²) in [6, 6.07) is 5.72. The normalized spacial score (nSPS) is 11.4. The molecule has 0 N–H and O–H groups in total.